The van der Waals surface area contributed by atoms with E-state index in [0.29, 0.717) is 12.8 Å². The predicted molar refractivity (Wildman–Crippen MR) is 73.1 cm³/mol. The van der Waals surface area contributed by atoms with E-state index in [9.17, 15) is 8.42 Å². The number of alkyl halides is 1. The molecule has 0 radical (unpaired) electrons. The number of methoxy groups -OCH3 is 1. The van der Waals surface area contributed by atoms with Crippen LogP contribution in [0.1, 0.15) is 12.0 Å². The Kier molecular flexibility index (Phi) is 4.17. The summed E-state index contributed by atoms with van der Waals surface area (Å²) in [7, 11) is -1.23. The van der Waals surface area contributed by atoms with Crippen molar-refractivity contribution < 1.29 is 13.2 Å². The molecule has 2 atom stereocenters. The van der Waals surface area contributed by atoms with Crippen molar-refractivity contribution in [1.82, 2.24) is 0 Å². The molecule has 1 aliphatic heterocycles. The van der Waals surface area contributed by atoms with E-state index in [-0.39, 0.29) is 22.8 Å². The van der Waals surface area contributed by atoms with Gasteiger partial charge >= 0.3 is 0 Å². The zero-order valence-corrected chi connectivity index (χ0v) is 11.9. The van der Waals surface area contributed by atoms with Crippen molar-refractivity contribution in [3.8, 4) is 5.75 Å². The molecule has 1 aromatic rings. The molecule has 5 heteroatoms. The molecule has 0 aromatic heterocycles. The van der Waals surface area contributed by atoms with Gasteiger partial charge in [0.15, 0.2) is 9.84 Å². The van der Waals surface area contributed by atoms with Crippen LogP contribution in [0.3, 0.4) is 0 Å². The summed E-state index contributed by atoms with van der Waals surface area (Å²) in [5, 5.41) is -0.130. The van der Waals surface area contributed by atoms with Crippen LogP contribution in [0.2, 0.25) is 0 Å². The average molecular weight is 289 g/mol. The second-order valence-electron chi connectivity index (χ2n) is 4.73. The molecule has 1 aliphatic rings. The van der Waals surface area contributed by atoms with Crippen LogP contribution < -0.4 is 4.74 Å². The summed E-state index contributed by atoms with van der Waals surface area (Å²) in [6.07, 6.45) is 1.36. The maximum Gasteiger partial charge on any atom is 0.150 e. The van der Waals surface area contributed by atoms with Gasteiger partial charge in [-0.2, -0.15) is 0 Å². The summed E-state index contributed by atoms with van der Waals surface area (Å²) in [6, 6.07) is 7.73. The van der Waals surface area contributed by atoms with Gasteiger partial charge in [-0.05, 0) is 36.5 Å². The van der Waals surface area contributed by atoms with E-state index in [4.69, 9.17) is 16.3 Å². The highest BCUT2D eigenvalue weighted by Crippen LogP contribution is 2.28. The van der Waals surface area contributed by atoms with Gasteiger partial charge in [-0.1, -0.05) is 12.1 Å². The quantitative estimate of drug-likeness (QED) is 0.799. The van der Waals surface area contributed by atoms with Gasteiger partial charge < -0.3 is 4.74 Å². The lowest BCUT2D eigenvalue weighted by molar-refractivity contribution is 0.414. The molecule has 100 valence electrons. The zero-order chi connectivity index (χ0) is 13.2. The Bertz CT molecular complexity index is 513. The van der Waals surface area contributed by atoms with Crippen molar-refractivity contribution in [1.29, 1.82) is 0 Å². The van der Waals surface area contributed by atoms with Crippen molar-refractivity contribution in [3.63, 3.8) is 0 Å². The van der Waals surface area contributed by atoms with Crippen LogP contribution in [0.15, 0.2) is 24.3 Å². The first-order valence-electron chi connectivity index (χ1n) is 5.97. The van der Waals surface area contributed by atoms with Crippen LogP contribution in [0.25, 0.3) is 0 Å². The Hall–Kier alpha value is -0.740. The normalized spacial score (nSPS) is 23.8. The molecule has 1 fully saturated rings. The molecule has 0 bridgehead atoms. The largest absolute Gasteiger partial charge is 0.497 e. The van der Waals surface area contributed by atoms with Crippen LogP contribution in [0.4, 0.5) is 0 Å². The summed E-state index contributed by atoms with van der Waals surface area (Å²) in [6.45, 7) is 0. The summed E-state index contributed by atoms with van der Waals surface area (Å²) in [5.41, 5.74) is 1.08. The summed E-state index contributed by atoms with van der Waals surface area (Å²) in [4.78, 5) is 0. The van der Waals surface area contributed by atoms with Crippen LogP contribution in [-0.4, -0.2) is 32.4 Å². The second-order valence-corrected chi connectivity index (χ2v) is 7.52. The third kappa shape index (κ3) is 3.39. The fourth-order valence-corrected chi connectivity index (χ4v) is 4.68. The number of ether oxygens (including phenoxy) is 1. The minimum absolute atomic E-state index is 0.0721. The Balaban J connectivity index is 2.01. The van der Waals surface area contributed by atoms with Crippen molar-refractivity contribution >= 4 is 21.4 Å². The molecule has 18 heavy (non-hydrogen) atoms. The standard InChI is InChI=1S/C13H17ClO3S/c1-17-12-4-2-3-10(7-12)8-13(14)11-5-6-18(15,16)9-11/h2-4,7,11,13H,5-6,8-9H2,1H3. The summed E-state index contributed by atoms with van der Waals surface area (Å²) >= 11 is 6.34. The maximum absolute atomic E-state index is 11.4. The summed E-state index contributed by atoms with van der Waals surface area (Å²) < 4.78 is 28.0. The number of halogens is 1. The summed E-state index contributed by atoms with van der Waals surface area (Å²) in [5.74, 6) is 1.38. The van der Waals surface area contributed by atoms with Gasteiger partial charge in [0.05, 0.1) is 18.6 Å². The molecule has 1 heterocycles. The average Bonchev–Trinajstić information content (AvgIpc) is 2.70. The lowest BCUT2D eigenvalue weighted by Gasteiger charge is -2.15. The van der Waals surface area contributed by atoms with Gasteiger partial charge in [0.25, 0.3) is 0 Å². The Labute approximate surface area is 113 Å². The zero-order valence-electron chi connectivity index (χ0n) is 10.3. The van der Waals surface area contributed by atoms with Gasteiger partial charge in [-0.3, -0.25) is 0 Å². The monoisotopic (exact) mass is 288 g/mol. The number of sulfone groups is 1. The molecule has 3 nitrogen and oxygen atoms in total. The highest BCUT2D eigenvalue weighted by Gasteiger charge is 2.32. The van der Waals surface area contributed by atoms with Crippen molar-refractivity contribution in [2.45, 2.75) is 18.2 Å². The van der Waals surface area contributed by atoms with Gasteiger partial charge in [-0.15, -0.1) is 11.6 Å². The van der Waals surface area contributed by atoms with E-state index < -0.39 is 9.84 Å². The van der Waals surface area contributed by atoms with Gasteiger partial charge in [0.1, 0.15) is 5.75 Å². The molecular weight excluding hydrogens is 272 g/mol. The van der Waals surface area contributed by atoms with E-state index in [1.54, 1.807) is 7.11 Å². The van der Waals surface area contributed by atoms with Crippen molar-refractivity contribution in [2.75, 3.05) is 18.6 Å². The SMILES string of the molecule is COc1cccc(CC(Cl)C2CCS(=O)(=O)C2)c1. The van der Waals surface area contributed by atoms with Gasteiger partial charge in [-0.25, -0.2) is 8.42 Å². The van der Waals surface area contributed by atoms with Crippen LogP contribution in [-0.2, 0) is 16.3 Å². The molecule has 2 rings (SSSR count). The molecule has 0 spiro atoms. The number of hydrogen-bond acceptors (Lipinski definition) is 3. The van der Waals surface area contributed by atoms with Crippen LogP contribution in [0.5, 0.6) is 5.75 Å². The number of rotatable bonds is 4. The molecule has 0 saturated carbocycles. The van der Waals surface area contributed by atoms with Crippen molar-refractivity contribution in [3.05, 3.63) is 29.8 Å². The van der Waals surface area contributed by atoms with E-state index in [1.165, 1.54) is 0 Å². The van der Waals surface area contributed by atoms with Crippen LogP contribution >= 0.6 is 11.6 Å². The van der Waals surface area contributed by atoms with E-state index in [0.717, 1.165) is 11.3 Å². The fourth-order valence-electron chi connectivity index (χ4n) is 2.30. The Morgan fingerprint density at radius 3 is 2.89 bits per heavy atom. The molecule has 1 saturated heterocycles. The first kappa shape index (κ1) is 13.7. The lowest BCUT2D eigenvalue weighted by Crippen LogP contribution is -2.18. The minimum Gasteiger partial charge on any atom is -0.497 e. The topological polar surface area (TPSA) is 43.4 Å². The fraction of sp³-hybridized carbons (Fsp3) is 0.538. The highest BCUT2D eigenvalue weighted by molar-refractivity contribution is 7.91. The molecule has 1 aromatic carbocycles. The smallest absolute Gasteiger partial charge is 0.150 e. The molecule has 2 unspecified atom stereocenters. The first-order chi connectivity index (χ1) is 8.50. The molecule has 0 amide bonds. The van der Waals surface area contributed by atoms with Crippen molar-refractivity contribution in [2.24, 2.45) is 5.92 Å². The Morgan fingerprint density at radius 1 is 1.50 bits per heavy atom. The number of benzene rings is 1. The van der Waals surface area contributed by atoms with E-state index >= 15 is 0 Å². The minimum atomic E-state index is -2.85. The Morgan fingerprint density at radius 2 is 2.28 bits per heavy atom. The lowest BCUT2D eigenvalue weighted by atomic mass is 9.98. The van der Waals surface area contributed by atoms with E-state index in [2.05, 4.69) is 0 Å². The third-order valence-corrected chi connectivity index (χ3v) is 5.65. The van der Waals surface area contributed by atoms with Crippen LogP contribution in [0, 0.1) is 5.92 Å². The highest BCUT2D eigenvalue weighted by atomic mass is 35.5. The number of hydrogen-bond donors (Lipinski definition) is 0. The molecule has 0 aliphatic carbocycles. The predicted octanol–water partition coefficient (Wildman–Crippen LogP) is 2.28. The van der Waals surface area contributed by atoms with E-state index in [1.807, 2.05) is 24.3 Å². The molecule has 0 N–H and O–H groups in total. The van der Waals surface area contributed by atoms with Gasteiger partial charge in [0, 0.05) is 5.38 Å². The third-order valence-electron chi connectivity index (χ3n) is 3.34. The maximum atomic E-state index is 11.4. The second kappa shape index (κ2) is 5.49. The first-order valence-corrected chi connectivity index (χ1v) is 8.23. The molecular formula is C13H17ClO3S. The van der Waals surface area contributed by atoms with Gasteiger partial charge in [0.2, 0.25) is 0 Å².